The van der Waals surface area contributed by atoms with Gasteiger partial charge in [0.25, 0.3) is 0 Å². The molecule has 0 atom stereocenters. The molecule has 8 heteroatoms. The first-order chi connectivity index (χ1) is 19.5. The van der Waals surface area contributed by atoms with E-state index in [9.17, 15) is 0 Å². The number of imidazole rings is 2. The van der Waals surface area contributed by atoms with Crippen molar-refractivity contribution in [1.82, 2.24) is 40.0 Å². The van der Waals surface area contributed by atoms with Crippen molar-refractivity contribution in [2.24, 2.45) is 5.92 Å². The van der Waals surface area contributed by atoms with Gasteiger partial charge in [0, 0.05) is 23.0 Å². The Hall–Kier alpha value is -4.72. The van der Waals surface area contributed by atoms with Gasteiger partial charge < -0.3 is 14.9 Å². The van der Waals surface area contributed by atoms with Crippen LogP contribution in [0.25, 0.3) is 44.7 Å². The summed E-state index contributed by atoms with van der Waals surface area (Å²) in [6, 6.07) is 8.13. The van der Waals surface area contributed by atoms with E-state index in [1.165, 1.54) is 32.1 Å². The number of aryl methyl sites for hydroxylation is 1. The molecule has 1 fully saturated rings. The van der Waals surface area contributed by atoms with Crippen LogP contribution in [-0.4, -0.2) is 34.7 Å². The summed E-state index contributed by atoms with van der Waals surface area (Å²) in [6.45, 7) is 12.4. The minimum atomic E-state index is 0.510. The molecule has 40 heavy (non-hydrogen) atoms. The number of aromatic amines is 2. The number of hydrogen-bond acceptors (Lipinski definition) is 5. The summed E-state index contributed by atoms with van der Waals surface area (Å²) in [4.78, 5) is 17.5. The quantitative estimate of drug-likeness (QED) is 0.185. The van der Waals surface area contributed by atoms with Crippen LogP contribution in [0.2, 0.25) is 0 Å². The first-order valence-corrected chi connectivity index (χ1v) is 13.8. The second-order valence-electron chi connectivity index (χ2n) is 10.4. The summed E-state index contributed by atoms with van der Waals surface area (Å²) < 4.78 is 1.99. The van der Waals surface area contributed by atoms with Gasteiger partial charge in [0.1, 0.15) is 11.2 Å². The van der Waals surface area contributed by atoms with Gasteiger partial charge in [-0.25, -0.2) is 9.97 Å². The molecule has 0 radical (unpaired) electrons. The van der Waals surface area contributed by atoms with Gasteiger partial charge in [-0.1, -0.05) is 44.6 Å². The molecule has 0 bridgehead atoms. The van der Waals surface area contributed by atoms with Crippen molar-refractivity contribution in [2.75, 3.05) is 0 Å². The Labute approximate surface area is 233 Å². The SMILES string of the molecule is C=C/C(=C\C(=C/C)c1cc2c(-c3nc4c(-n5cnc(C)c5)cccc4[nH]3)n[nH]c2cn1)NC(=C)C1CCCCC1. The highest BCUT2D eigenvalue weighted by Crippen LogP contribution is 2.31. The highest BCUT2D eigenvalue weighted by Gasteiger charge is 2.18. The van der Waals surface area contributed by atoms with Crippen LogP contribution in [0.4, 0.5) is 0 Å². The van der Waals surface area contributed by atoms with E-state index >= 15 is 0 Å². The molecule has 0 spiro atoms. The van der Waals surface area contributed by atoms with Gasteiger partial charge in [0.15, 0.2) is 5.82 Å². The van der Waals surface area contributed by atoms with E-state index in [0.717, 1.165) is 61.7 Å². The van der Waals surface area contributed by atoms with E-state index in [2.05, 4.69) is 56.9 Å². The van der Waals surface area contributed by atoms with Crippen molar-refractivity contribution in [3.63, 3.8) is 0 Å². The van der Waals surface area contributed by atoms with E-state index in [0.29, 0.717) is 11.7 Å². The first-order valence-electron chi connectivity index (χ1n) is 13.8. The van der Waals surface area contributed by atoms with Crippen molar-refractivity contribution in [3.05, 3.63) is 97.2 Å². The summed E-state index contributed by atoms with van der Waals surface area (Å²) in [5, 5.41) is 12.2. The van der Waals surface area contributed by atoms with Crippen LogP contribution in [0.3, 0.4) is 0 Å². The number of hydrogen-bond donors (Lipinski definition) is 3. The number of nitrogens with zero attached hydrogens (tertiary/aromatic N) is 5. The Bertz CT molecular complexity index is 1770. The molecule has 1 aromatic carbocycles. The predicted molar refractivity (Wildman–Crippen MR) is 162 cm³/mol. The van der Waals surface area contributed by atoms with Crippen LogP contribution in [0.1, 0.15) is 50.4 Å². The number of H-pyrrole nitrogens is 2. The number of aromatic nitrogens is 7. The summed E-state index contributed by atoms with van der Waals surface area (Å²) in [6.07, 6.45) is 17.8. The van der Waals surface area contributed by atoms with E-state index in [4.69, 9.17) is 9.97 Å². The maximum Gasteiger partial charge on any atom is 0.159 e. The van der Waals surface area contributed by atoms with Crippen molar-refractivity contribution in [2.45, 2.75) is 46.0 Å². The third-order valence-corrected chi connectivity index (χ3v) is 7.69. The molecule has 0 aliphatic heterocycles. The lowest BCUT2D eigenvalue weighted by Crippen LogP contribution is -2.20. The highest BCUT2D eigenvalue weighted by molar-refractivity contribution is 5.95. The summed E-state index contributed by atoms with van der Waals surface area (Å²) in [5.74, 6) is 1.20. The fourth-order valence-corrected chi connectivity index (χ4v) is 5.50. The van der Waals surface area contributed by atoms with Gasteiger partial charge in [-0.3, -0.25) is 10.1 Å². The maximum atomic E-state index is 4.96. The summed E-state index contributed by atoms with van der Waals surface area (Å²) in [5.41, 5.74) is 9.10. The average Bonchev–Trinajstić information content (AvgIpc) is 3.72. The molecule has 5 aromatic rings. The molecule has 3 N–H and O–H groups in total. The van der Waals surface area contributed by atoms with Gasteiger partial charge in [0.2, 0.25) is 0 Å². The lowest BCUT2D eigenvalue weighted by molar-refractivity contribution is 0.393. The molecule has 4 aromatic heterocycles. The lowest BCUT2D eigenvalue weighted by Gasteiger charge is -2.25. The van der Waals surface area contributed by atoms with E-state index in [-0.39, 0.29) is 0 Å². The second-order valence-corrected chi connectivity index (χ2v) is 10.4. The van der Waals surface area contributed by atoms with Gasteiger partial charge >= 0.3 is 0 Å². The van der Waals surface area contributed by atoms with Crippen LogP contribution in [0, 0.1) is 12.8 Å². The molecular formula is C32H34N8. The molecule has 8 nitrogen and oxygen atoms in total. The average molecular weight is 531 g/mol. The molecular weight excluding hydrogens is 496 g/mol. The van der Waals surface area contributed by atoms with E-state index in [1.54, 1.807) is 0 Å². The minimum absolute atomic E-state index is 0.510. The first kappa shape index (κ1) is 25.6. The van der Waals surface area contributed by atoms with Crippen molar-refractivity contribution in [3.8, 4) is 17.2 Å². The monoisotopic (exact) mass is 530 g/mol. The number of nitrogens with one attached hydrogen (secondary N) is 3. The van der Waals surface area contributed by atoms with Crippen molar-refractivity contribution in [1.29, 1.82) is 0 Å². The number of fused-ring (bicyclic) bond motifs is 2. The number of allylic oxidation sites excluding steroid dienone is 5. The molecule has 1 aliphatic rings. The zero-order valence-corrected chi connectivity index (χ0v) is 23.0. The second kappa shape index (κ2) is 10.8. The number of benzene rings is 1. The van der Waals surface area contributed by atoms with E-state index < -0.39 is 0 Å². The van der Waals surface area contributed by atoms with Gasteiger partial charge in [-0.05, 0) is 68.5 Å². The molecule has 0 amide bonds. The molecule has 0 saturated heterocycles. The zero-order chi connectivity index (χ0) is 27.6. The fourth-order valence-electron chi connectivity index (χ4n) is 5.50. The largest absolute Gasteiger partial charge is 0.359 e. The molecule has 1 saturated carbocycles. The van der Waals surface area contributed by atoms with Gasteiger partial charge in [-0.15, -0.1) is 0 Å². The summed E-state index contributed by atoms with van der Waals surface area (Å²) in [7, 11) is 0. The Morgan fingerprint density at radius 3 is 2.75 bits per heavy atom. The molecule has 0 unspecified atom stereocenters. The van der Waals surface area contributed by atoms with Crippen LogP contribution in [0.15, 0.2) is 85.8 Å². The molecule has 202 valence electrons. The van der Waals surface area contributed by atoms with E-state index in [1.807, 2.05) is 61.4 Å². The standard InChI is InChI=1S/C32H34N8/c1-5-22(15-24(6-2)35-21(4)23-11-8-7-9-12-23)27-16-25-28(17-33-27)38-39-30(25)32-36-26-13-10-14-29(31(26)37-32)40-18-20(3)34-19-40/h5-6,10,13-19,23,35H,2,4,7-9,11-12H2,1,3H3,(H,36,37)(H,38,39)/b22-5+,24-15+. The molecule has 1 aliphatic carbocycles. The number of pyridine rings is 1. The summed E-state index contributed by atoms with van der Waals surface area (Å²) >= 11 is 0. The normalized spacial score (nSPS) is 15.2. The van der Waals surface area contributed by atoms with Crippen LogP contribution >= 0.6 is 0 Å². The topological polar surface area (TPSA) is 100 Å². The highest BCUT2D eigenvalue weighted by atomic mass is 15.1. The predicted octanol–water partition coefficient (Wildman–Crippen LogP) is 7.15. The van der Waals surface area contributed by atoms with Gasteiger partial charge in [0.05, 0.1) is 40.6 Å². The third-order valence-electron chi connectivity index (χ3n) is 7.69. The Kier molecular flexibility index (Phi) is 6.90. The number of rotatable bonds is 8. The fraction of sp³-hybridized carbons (Fsp3) is 0.250. The third kappa shape index (κ3) is 4.88. The van der Waals surface area contributed by atoms with Crippen molar-refractivity contribution >= 4 is 27.5 Å². The molecule has 4 heterocycles. The van der Waals surface area contributed by atoms with Gasteiger partial charge in [-0.2, -0.15) is 5.10 Å². The lowest BCUT2D eigenvalue weighted by atomic mass is 9.87. The smallest absolute Gasteiger partial charge is 0.159 e. The number of para-hydroxylation sites is 1. The zero-order valence-electron chi connectivity index (χ0n) is 23.0. The minimum Gasteiger partial charge on any atom is -0.359 e. The van der Waals surface area contributed by atoms with Crippen LogP contribution < -0.4 is 5.32 Å². The Morgan fingerprint density at radius 1 is 1.15 bits per heavy atom. The molecule has 6 rings (SSSR count). The Morgan fingerprint density at radius 2 is 2.00 bits per heavy atom. The Balaban J connectivity index is 1.33. The van der Waals surface area contributed by atoms with Crippen LogP contribution in [-0.2, 0) is 0 Å². The maximum absolute atomic E-state index is 4.96. The van der Waals surface area contributed by atoms with Crippen LogP contribution in [0.5, 0.6) is 0 Å². The van der Waals surface area contributed by atoms with Crippen molar-refractivity contribution < 1.29 is 0 Å².